The number of fused-ring (bicyclic) bond motifs is 1. The standard InChI is InChI=1S/C24H28N4O/c25-15-17-5-4-8-20(13-17)24(10-11-24)27-23(29)19-9-12-28-21(14-19)16-26-22(28)18-6-2-1-3-7-18/h4-5,8,13,16,18-19H,1-3,6-7,9-12,14H2,(H,27,29). The fraction of sp³-hybridized carbons (Fsp3) is 0.542. The minimum atomic E-state index is -0.269. The highest BCUT2D eigenvalue weighted by Crippen LogP contribution is 2.46. The molecule has 1 amide bonds. The molecule has 5 nitrogen and oxygen atoms in total. The Morgan fingerprint density at radius 3 is 2.79 bits per heavy atom. The maximum atomic E-state index is 13.1. The lowest BCUT2D eigenvalue weighted by Gasteiger charge is -2.29. The monoisotopic (exact) mass is 388 g/mol. The minimum absolute atomic E-state index is 0.00929. The number of rotatable bonds is 4. The predicted octanol–water partition coefficient (Wildman–Crippen LogP) is 4.17. The van der Waals surface area contributed by atoms with Gasteiger partial charge in [0, 0.05) is 36.7 Å². The number of amides is 1. The van der Waals surface area contributed by atoms with E-state index in [1.165, 1.54) is 43.6 Å². The van der Waals surface area contributed by atoms with Crippen LogP contribution in [0.2, 0.25) is 0 Å². The van der Waals surface area contributed by atoms with Gasteiger partial charge in [-0.25, -0.2) is 4.98 Å². The third kappa shape index (κ3) is 3.46. The van der Waals surface area contributed by atoms with Crippen LogP contribution in [-0.2, 0) is 23.3 Å². The third-order valence-corrected chi connectivity index (χ3v) is 7.12. The van der Waals surface area contributed by atoms with Crippen molar-refractivity contribution in [2.75, 3.05) is 0 Å². The zero-order chi connectivity index (χ0) is 19.8. The van der Waals surface area contributed by atoms with Crippen LogP contribution in [0.1, 0.15) is 79.9 Å². The van der Waals surface area contributed by atoms with Crippen molar-refractivity contribution in [1.82, 2.24) is 14.9 Å². The second-order valence-electron chi connectivity index (χ2n) is 9.05. The summed E-state index contributed by atoms with van der Waals surface area (Å²) in [5.41, 5.74) is 2.66. The third-order valence-electron chi connectivity index (χ3n) is 7.12. The van der Waals surface area contributed by atoms with Gasteiger partial charge in [0.1, 0.15) is 5.82 Å². The van der Waals surface area contributed by atoms with Gasteiger partial charge in [-0.05, 0) is 49.8 Å². The maximum Gasteiger partial charge on any atom is 0.224 e. The van der Waals surface area contributed by atoms with Gasteiger partial charge in [-0.2, -0.15) is 5.26 Å². The van der Waals surface area contributed by atoms with E-state index in [0.717, 1.165) is 37.8 Å². The van der Waals surface area contributed by atoms with E-state index in [-0.39, 0.29) is 17.4 Å². The maximum absolute atomic E-state index is 13.1. The van der Waals surface area contributed by atoms with Crippen molar-refractivity contribution in [1.29, 1.82) is 5.26 Å². The van der Waals surface area contributed by atoms with Crippen LogP contribution >= 0.6 is 0 Å². The van der Waals surface area contributed by atoms with Gasteiger partial charge in [0.25, 0.3) is 0 Å². The molecule has 5 heteroatoms. The Balaban J connectivity index is 1.28. The van der Waals surface area contributed by atoms with Gasteiger partial charge in [-0.1, -0.05) is 31.4 Å². The first kappa shape index (κ1) is 18.4. The van der Waals surface area contributed by atoms with Crippen LogP contribution in [0, 0.1) is 17.2 Å². The number of hydrogen-bond acceptors (Lipinski definition) is 3. The summed E-state index contributed by atoms with van der Waals surface area (Å²) in [6, 6.07) is 9.87. The Hall–Kier alpha value is -2.61. The van der Waals surface area contributed by atoms with Crippen LogP contribution in [-0.4, -0.2) is 15.5 Å². The van der Waals surface area contributed by atoms with Gasteiger partial charge in [0.05, 0.1) is 17.2 Å². The molecule has 0 spiro atoms. The van der Waals surface area contributed by atoms with Crippen molar-refractivity contribution in [3.8, 4) is 6.07 Å². The highest BCUT2D eigenvalue weighted by molar-refractivity contribution is 5.80. The van der Waals surface area contributed by atoms with Gasteiger partial charge in [0.15, 0.2) is 0 Å². The normalized spacial score (nSPS) is 23.1. The number of nitrogens with zero attached hydrogens (tertiary/aromatic N) is 3. The van der Waals surface area contributed by atoms with Gasteiger partial charge < -0.3 is 9.88 Å². The SMILES string of the molecule is N#Cc1cccc(C2(NC(=O)C3CCn4c(cnc4C4CCCCC4)C3)CC2)c1. The van der Waals surface area contributed by atoms with Crippen molar-refractivity contribution in [2.24, 2.45) is 5.92 Å². The summed E-state index contributed by atoms with van der Waals surface area (Å²) in [5, 5.41) is 12.5. The summed E-state index contributed by atoms with van der Waals surface area (Å²) in [4.78, 5) is 17.9. The summed E-state index contributed by atoms with van der Waals surface area (Å²) in [7, 11) is 0. The molecular weight excluding hydrogens is 360 g/mol. The summed E-state index contributed by atoms with van der Waals surface area (Å²) in [6.07, 6.45) is 12.0. The number of imidazole rings is 1. The first-order valence-electron chi connectivity index (χ1n) is 11.1. The fourth-order valence-electron chi connectivity index (χ4n) is 5.23. The number of carbonyl (C=O) groups excluding carboxylic acids is 1. The van der Waals surface area contributed by atoms with Gasteiger partial charge in [-0.15, -0.1) is 0 Å². The summed E-state index contributed by atoms with van der Waals surface area (Å²) in [6.45, 7) is 0.899. The number of carbonyl (C=O) groups is 1. The minimum Gasteiger partial charge on any atom is -0.346 e. The molecule has 1 aliphatic heterocycles. The Kier molecular flexibility index (Phi) is 4.66. The van der Waals surface area contributed by atoms with E-state index in [2.05, 4.69) is 16.0 Å². The lowest BCUT2D eigenvalue weighted by Crippen LogP contribution is -2.41. The van der Waals surface area contributed by atoms with E-state index in [0.29, 0.717) is 11.5 Å². The second-order valence-corrected chi connectivity index (χ2v) is 9.05. The van der Waals surface area contributed by atoms with E-state index in [9.17, 15) is 10.1 Å². The zero-order valence-corrected chi connectivity index (χ0v) is 16.9. The molecule has 2 aromatic rings. The molecule has 5 rings (SSSR count). The van der Waals surface area contributed by atoms with Gasteiger partial charge >= 0.3 is 0 Å². The molecule has 29 heavy (non-hydrogen) atoms. The van der Waals surface area contributed by atoms with Crippen LogP contribution in [0.15, 0.2) is 30.5 Å². The van der Waals surface area contributed by atoms with Crippen LogP contribution in [0.5, 0.6) is 0 Å². The lowest BCUT2D eigenvalue weighted by atomic mass is 9.88. The second kappa shape index (κ2) is 7.33. The first-order valence-corrected chi connectivity index (χ1v) is 11.1. The Morgan fingerprint density at radius 2 is 2.03 bits per heavy atom. The molecule has 2 heterocycles. The van der Waals surface area contributed by atoms with Gasteiger partial charge in [0.2, 0.25) is 5.91 Å². The molecule has 0 radical (unpaired) electrons. The van der Waals surface area contributed by atoms with Crippen molar-refractivity contribution < 1.29 is 4.79 Å². The topological polar surface area (TPSA) is 70.7 Å². The van der Waals surface area contributed by atoms with Crippen LogP contribution < -0.4 is 5.32 Å². The number of nitrogens with one attached hydrogen (secondary N) is 1. The average Bonchev–Trinajstić information content (AvgIpc) is 3.43. The molecule has 0 saturated heterocycles. The van der Waals surface area contributed by atoms with Crippen LogP contribution in [0.3, 0.4) is 0 Å². The molecule has 1 unspecified atom stereocenters. The first-order chi connectivity index (χ1) is 14.2. The molecule has 2 fully saturated rings. The van der Waals surface area contributed by atoms with E-state index >= 15 is 0 Å². The van der Waals surface area contributed by atoms with E-state index in [1.54, 1.807) is 0 Å². The Labute approximate surface area is 172 Å². The molecule has 1 N–H and O–H groups in total. The van der Waals surface area contributed by atoms with Crippen molar-refractivity contribution in [3.63, 3.8) is 0 Å². The molecular formula is C24H28N4O. The number of benzene rings is 1. The lowest BCUT2D eigenvalue weighted by molar-refractivity contribution is -0.126. The molecule has 1 aromatic heterocycles. The molecule has 3 aliphatic rings. The molecule has 2 saturated carbocycles. The molecule has 150 valence electrons. The van der Waals surface area contributed by atoms with Crippen molar-refractivity contribution in [2.45, 2.75) is 75.8 Å². The van der Waals surface area contributed by atoms with E-state index in [4.69, 9.17) is 4.98 Å². The molecule has 1 atom stereocenters. The van der Waals surface area contributed by atoms with E-state index < -0.39 is 0 Å². The van der Waals surface area contributed by atoms with Crippen LogP contribution in [0.4, 0.5) is 0 Å². The summed E-state index contributed by atoms with van der Waals surface area (Å²) >= 11 is 0. The van der Waals surface area contributed by atoms with Crippen LogP contribution in [0.25, 0.3) is 0 Å². The number of hydrogen-bond donors (Lipinski definition) is 1. The largest absolute Gasteiger partial charge is 0.346 e. The van der Waals surface area contributed by atoms with Crippen molar-refractivity contribution >= 4 is 5.91 Å². The predicted molar refractivity (Wildman–Crippen MR) is 110 cm³/mol. The van der Waals surface area contributed by atoms with Crippen molar-refractivity contribution in [3.05, 3.63) is 53.1 Å². The number of nitriles is 1. The molecule has 2 aliphatic carbocycles. The smallest absolute Gasteiger partial charge is 0.224 e. The summed E-state index contributed by atoms with van der Waals surface area (Å²) < 4.78 is 2.39. The Bertz CT molecular complexity index is 960. The quantitative estimate of drug-likeness (QED) is 0.854. The fourth-order valence-corrected chi connectivity index (χ4v) is 5.23. The van der Waals surface area contributed by atoms with Gasteiger partial charge in [-0.3, -0.25) is 4.79 Å². The highest BCUT2D eigenvalue weighted by atomic mass is 16.2. The molecule has 1 aromatic carbocycles. The average molecular weight is 389 g/mol. The highest BCUT2D eigenvalue weighted by Gasteiger charge is 2.46. The number of aromatic nitrogens is 2. The van der Waals surface area contributed by atoms with E-state index in [1.807, 2.05) is 30.5 Å². The molecule has 0 bridgehead atoms. The summed E-state index contributed by atoms with van der Waals surface area (Å²) in [5.74, 6) is 2.02. The zero-order valence-electron chi connectivity index (χ0n) is 16.9. The Morgan fingerprint density at radius 1 is 1.21 bits per heavy atom.